The van der Waals surface area contributed by atoms with Gasteiger partial charge in [-0.25, -0.2) is 4.98 Å². The molecule has 1 aromatic carbocycles. The van der Waals surface area contributed by atoms with Crippen LogP contribution in [0.1, 0.15) is 50.4 Å². The molecule has 0 unspecified atom stereocenters. The maximum atomic E-state index is 12.6. The highest BCUT2D eigenvalue weighted by Gasteiger charge is 2.36. The van der Waals surface area contributed by atoms with E-state index >= 15 is 0 Å². The van der Waals surface area contributed by atoms with Gasteiger partial charge < -0.3 is 9.64 Å². The summed E-state index contributed by atoms with van der Waals surface area (Å²) in [5.41, 5.74) is 2.36. The Morgan fingerprint density at radius 2 is 1.91 bits per heavy atom. The number of nitrogens with one attached hydrogen (secondary N) is 1. The van der Waals surface area contributed by atoms with Crippen molar-refractivity contribution in [3.8, 4) is 5.75 Å². The van der Waals surface area contributed by atoms with Gasteiger partial charge in [-0.3, -0.25) is 14.9 Å². The number of rotatable bonds is 6. The molecule has 0 saturated carbocycles. The van der Waals surface area contributed by atoms with Gasteiger partial charge in [-0.2, -0.15) is 13.2 Å². The van der Waals surface area contributed by atoms with Crippen LogP contribution in [-0.2, 0) is 11.0 Å². The number of amides is 2. The molecular weight excluding hydrogens is 503 g/mol. The van der Waals surface area contributed by atoms with Crippen molar-refractivity contribution in [3.63, 3.8) is 0 Å². The third-order valence-electron chi connectivity index (χ3n) is 5.68. The van der Waals surface area contributed by atoms with Crippen molar-refractivity contribution in [2.75, 3.05) is 25.0 Å². The third kappa shape index (κ3) is 6.14. The lowest BCUT2D eigenvalue weighted by atomic mass is 9.97. The number of hydrogen-bond acceptors (Lipinski definition) is 8. The van der Waals surface area contributed by atoms with E-state index in [0.29, 0.717) is 31.7 Å². The lowest BCUT2D eigenvalue weighted by Gasteiger charge is -2.31. The van der Waals surface area contributed by atoms with E-state index in [4.69, 9.17) is 4.74 Å². The molecule has 0 aliphatic carbocycles. The van der Waals surface area contributed by atoms with Crippen LogP contribution in [0.3, 0.4) is 0 Å². The van der Waals surface area contributed by atoms with Crippen molar-refractivity contribution >= 4 is 39.6 Å². The smallest absolute Gasteiger partial charge is 0.445 e. The van der Waals surface area contributed by atoms with Crippen molar-refractivity contribution in [1.29, 1.82) is 0 Å². The largest absolute Gasteiger partial charge is 0.484 e. The molecule has 186 valence electrons. The van der Waals surface area contributed by atoms with Crippen molar-refractivity contribution in [2.24, 2.45) is 0 Å². The third-order valence-corrected chi connectivity index (χ3v) is 7.57. The van der Waals surface area contributed by atoms with Gasteiger partial charge in [-0.05, 0) is 49.9 Å². The highest BCUT2D eigenvalue weighted by Crippen LogP contribution is 2.34. The number of carbonyl (C=O) groups is 2. The Hall–Kier alpha value is -3.06. The maximum Gasteiger partial charge on any atom is 0.445 e. The van der Waals surface area contributed by atoms with E-state index in [1.54, 1.807) is 10.3 Å². The summed E-state index contributed by atoms with van der Waals surface area (Å²) >= 11 is 1.56. The van der Waals surface area contributed by atoms with E-state index in [1.807, 2.05) is 32.0 Å². The molecule has 8 nitrogen and oxygen atoms in total. The zero-order valence-corrected chi connectivity index (χ0v) is 20.5. The molecule has 2 aromatic heterocycles. The number of anilines is 1. The van der Waals surface area contributed by atoms with Crippen LogP contribution < -0.4 is 10.1 Å². The first-order valence-electron chi connectivity index (χ1n) is 10.8. The quantitative estimate of drug-likeness (QED) is 0.503. The van der Waals surface area contributed by atoms with Gasteiger partial charge >= 0.3 is 6.18 Å². The van der Waals surface area contributed by atoms with Crippen molar-refractivity contribution < 1.29 is 27.5 Å². The molecule has 0 spiro atoms. The number of halogens is 3. The van der Waals surface area contributed by atoms with Gasteiger partial charge in [0, 0.05) is 24.4 Å². The van der Waals surface area contributed by atoms with Crippen LogP contribution in [0.4, 0.5) is 18.3 Å². The molecule has 3 heterocycles. The zero-order valence-electron chi connectivity index (χ0n) is 18.9. The summed E-state index contributed by atoms with van der Waals surface area (Å²) in [6.45, 7) is 5.06. The summed E-state index contributed by atoms with van der Waals surface area (Å²) in [4.78, 5) is 31.0. The first kappa shape index (κ1) is 25.0. The molecular formula is C22H22F3N5O3S2. The monoisotopic (exact) mass is 525 g/mol. The molecule has 0 radical (unpaired) electrons. The number of piperidine rings is 1. The van der Waals surface area contributed by atoms with Crippen molar-refractivity contribution in [3.05, 3.63) is 50.4 Å². The molecule has 1 aliphatic heterocycles. The average Bonchev–Trinajstić information content (AvgIpc) is 3.50. The Kier molecular flexibility index (Phi) is 7.36. The summed E-state index contributed by atoms with van der Waals surface area (Å²) < 4.78 is 43.6. The number of nitrogens with zero attached hydrogens (tertiary/aromatic N) is 4. The Bertz CT molecular complexity index is 1220. The fraction of sp³-hybridized carbons (Fsp3) is 0.409. The predicted octanol–water partition coefficient (Wildman–Crippen LogP) is 4.67. The molecule has 1 aliphatic rings. The molecule has 1 N–H and O–H groups in total. The fourth-order valence-electron chi connectivity index (χ4n) is 3.54. The van der Waals surface area contributed by atoms with E-state index in [0.717, 1.165) is 16.1 Å². The summed E-state index contributed by atoms with van der Waals surface area (Å²) in [7, 11) is 0. The Morgan fingerprint density at radius 1 is 1.17 bits per heavy atom. The number of thiazole rings is 1. The summed E-state index contributed by atoms with van der Waals surface area (Å²) in [6.07, 6.45) is -3.23. The summed E-state index contributed by atoms with van der Waals surface area (Å²) in [5, 5.41) is 9.64. The summed E-state index contributed by atoms with van der Waals surface area (Å²) in [6, 6.07) is 5.71. The molecule has 13 heteroatoms. The Labute approximate surface area is 207 Å². The highest BCUT2D eigenvalue weighted by atomic mass is 32.1. The average molecular weight is 526 g/mol. The molecule has 3 aromatic rings. The molecule has 2 amide bonds. The number of alkyl halides is 3. The second-order valence-electron chi connectivity index (χ2n) is 8.13. The minimum Gasteiger partial charge on any atom is -0.484 e. The molecule has 1 fully saturated rings. The SMILES string of the molecule is Cc1ccc(OCC(=O)N2CCC(c3nc(C(=O)Nc4nnc(C(F)(F)F)s4)cs3)CC2)cc1C. The number of ether oxygens (including phenoxy) is 1. The molecule has 0 bridgehead atoms. The topological polar surface area (TPSA) is 97.3 Å². The first-order chi connectivity index (χ1) is 16.6. The van der Waals surface area contributed by atoms with Crippen LogP contribution >= 0.6 is 22.7 Å². The lowest BCUT2D eigenvalue weighted by molar-refractivity contribution is -0.138. The van der Waals surface area contributed by atoms with E-state index < -0.39 is 17.1 Å². The van der Waals surface area contributed by atoms with Crippen molar-refractivity contribution in [2.45, 2.75) is 38.8 Å². The van der Waals surface area contributed by atoms with E-state index in [9.17, 15) is 22.8 Å². The number of carbonyl (C=O) groups excluding carboxylic acids is 2. The first-order valence-corrected chi connectivity index (χ1v) is 12.4. The normalized spacial score (nSPS) is 14.7. The van der Waals surface area contributed by atoms with Crippen LogP contribution in [0.2, 0.25) is 0 Å². The van der Waals surface area contributed by atoms with Crippen LogP contribution in [0.5, 0.6) is 5.75 Å². The highest BCUT2D eigenvalue weighted by molar-refractivity contribution is 7.15. The van der Waals surface area contributed by atoms with E-state index in [-0.39, 0.29) is 40.6 Å². The van der Waals surface area contributed by atoms with Gasteiger partial charge in [-0.1, -0.05) is 17.4 Å². The van der Waals surface area contributed by atoms with Crippen LogP contribution in [0.15, 0.2) is 23.6 Å². The number of hydrogen-bond donors (Lipinski definition) is 1. The van der Waals surface area contributed by atoms with Crippen LogP contribution in [0.25, 0.3) is 0 Å². The van der Waals surface area contributed by atoms with Gasteiger partial charge in [0.1, 0.15) is 11.4 Å². The zero-order chi connectivity index (χ0) is 25.2. The molecule has 1 saturated heterocycles. The molecule has 4 rings (SSSR count). The summed E-state index contributed by atoms with van der Waals surface area (Å²) in [5.74, 6) is 0.0161. The van der Waals surface area contributed by atoms with E-state index in [1.165, 1.54) is 11.3 Å². The molecule has 35 heavy (non-hydrogen) atoms. The van der Waals surface area contributed by atoms with Gasteiger partial charge in [0.15, 0.2) is 6.61 Å². The maximum absolute atomic E-state index is 12.6. The second-order valence-corrected chi connectivity index (χ2v) is 9.99. The number of likely N-dealkylation sites (tertiary alicyclic amines) is 1. The minimum atomic E-state index is -4.61. The number of aryl methyl sites for hydroxylation is 2. The van der Waals surface area contributed by atoms with Crippen molar-refractivity contribution in [1.82, 2.24) is 20.1 Å². The van der Waals surface area contributed by atoms with Gasteiger partial charge in [0.25, 0.3) is 11.8 Å². The Balaban J connectivity index is 1.27. The van der Waals surface area contributed by atoms with Crippen LogP contribution in [-0.4, -0.2) is 51.6 Å². The minimum absolute atomic E-state index is 0.0313. The fourth-order valence-corrected chi connectivity index (χ4v) is 5.12. The molecule has 0 atom stereocenters. The van der Waals surface area contributed by atoms with Gasteiger partial charge in [-0.15, -0.1) is 21.5 Å². The standard InChI is InChI=1S/C22H22F3N5O3S2/c1-12-3-4-15(9-13(12)2)33-10-17(31)30-7-5-14(6-8-30)19-26-16(11-34-19)18(32)27-21-29-28-20(35-21)22(23,24)25/h3-4,9,11,14H,5-8,10H2,1-2H3,(H,27,29,32). The lowest BCUT2D eigenvalue weighted by Crippen LogP contribution is -2.40. The second kappa shape index (κ2) is 10.3. The van der Waals surface area contributed by atoms with Gasteiger partial charge in [0.2, 0.25) is 10.1 Å². The van der Waals surface area contributed by atoms with Gasteiger partial charge in [0.05, 0.1) is 5.01 Å². The predicted molar refractivity (Wildman–Crippen MR) is 125 cm³/mol. The Morgan fingerprint density at radius 3 is 2.57 bits per heavy atom. The van der Waals surface area contributed by atoms with Crippen LogP contribution in [0, 0.1) is 13.8 Å². The number of aromatic nitrogens is 3. The number of benzene rings is 1. The van der Waals surface area contributed by atoms with E-state index in [2.05, 4.69) is 20.5 Å².